The Labute approximate surface area is 142 Å². The number of carbonyl (C=O) groups is 2. The first-order chi connectivity index (χ1) is 11.1. The van der Waals surface area contributed by atoms with Gasteiger partial charge in [0.25, 0.3) is 11.1 Å². The largest absolute Gasteiger partial charge is 0.497 e. The topological polar surface area (TPSA) is 46.6 Å². The Morgan fingerprint density at radius 3 is 2.30 bits per heavy atom. The second kappa shape index (κ2) is 6.48. The van der Waals surface area contributed by atoms with Crippen molar-refractivity contribution in [3.8, 4) is 5.75 Å². The van der Waals surface area contributed by atoms with Gasteiger partial charge in [0, 0.05) is 5.02 Å². The Morgan fingerprint density at radius 2 is 1.70 bits per heavy atom. The zero-order chi connectivity index (χ0) is 16.4. The number of carbonyl (C=O) groups excluding carboxylic acids is 2. The molecule has 0 radical (unpaired) electrons. The smallest absolute Gasteiger partial charge is 0.298 e. The van der Waals surface area contributed by atoms with Gasteiger partial charge >= 0.3 is 0 Å². The van der Waals surface area contributed by atoms with E-state index in [2.05, 4.69) is 0 Å². The van der Waals surface area contributed by atoms with Crippen LogP contribution in [0.4, 0.5) is 10.5 Å². The number of methoxy groups -OCH3 is 1. The molecule has 1 fully saturated rings. The molecule has 2 aromatic carbocycles. The molecule has 0 saturated carbocycles. The molecule has 1 heterocycles. The Balaban J connectivity index is 1.88. The quantitative estimate of drug-likeness (QED) is 0.763. The summed E-state index contributed by atoms with van der Waals surface area (Å²) < 4.78 is 5.10. The van der Waals surface area contributed by atoms with Crippen LogP contribution in [-0.2, 0) is 4.79 Å². The molecule has 3 rings (SSSR count). The zero-order valence-electron chi connectivity index (χ0n) is 12.2. The van der Waals surface area contributed by atoms with Gasteiger partial charge in [0.05, 0.1) is 17.7 Å². The molecule has 0 N–H and O–H groups in total. The summed E-state index contributed by atoms with van der Waals surface area (Å²) in [5, 5.41) is 0.228. The lowest BCUT2D eigenvalue weighted by atomic mass is 10.2. The molecule has 0 atom stereocenters. The van der Waals surface area contributed by atoms with Gasteiger partial charge in [-0.05, 0) is 59.8 Å². The number of hydrogen-bond donors (Lipinski definition) is 0. The standard InChI is InChI=1S/C17H12ClNO3S/c1-22-14-8-2-11(3-9-14)10-15-16(20)19(17(21)23-15)13-6-4-12(18)5-7-13/h2-10H,1H3/b15-10-. The SMILES string of the molecule is COc1ccc(/C=C2\SC(=O)N(c3ccc(Cl)cc3)C2=O)cc1. The van der Waals surface area contributed by atoms with Crippen LogP contribution in [0.1, 0.15) is 5.56 Å². The number of halogens is 1. The van der Waals surface area contributed by atoms with Crippen LogP contribution < -0.4 is 9.64 Å². The summed E-state index contributed by atoms with van der Waals surface area (Å²) >= 11 is 6.76. The van der Waals surface area contributed by atoms with E-state index in [-0.39, 0.29) is 11.1 Å². The van der Waals surface area contributed by atoms with Gasteiger partial charge < -0.3 is 4.74 Å². The van der Waals surface area contributed by atoms with Crippen LogP contribution in [0, 0.1) is 0 Å². The molecule has 4 nitrogen and oxygen atoms in total. The number of anilines is 1. The van der Waals surface area contributed by atoms with Gasteiger partial charge in [-0.15, -0.1) is 0 Å². The summed E-state index contributed by atoms with van der Waals surface area (Å²) in [6.07, 6.45) is 1.69. The minimum Gasteiger partial charge on any atom is -0.497 e. The average Bonchev–Trinajstić information content (AvgIpc) is 2.83. The van der Waals surface area contributed by atoms with Crippen LogP contribution in [0.25, 0.3) is 6.08 Å². The van der Waals surface area contributed by atoms with E-state index in [1.807, 2.05) is 12.1 Å². The third-order valence-corrected chi connectivity index (χ3v) is 4.41. The van der Waals surface area contributed by atoms with E-state index in [0.717, 1.165) is 28.0 Å². The first kappa shape index (κ1) is 15.6. The van der Waals surface area contributed by atoms with E-state index < -0.39 is 0 Å². The maximum atomic E-state index is 12.5. The van der Waals surface area contributed by atoms with Gasteiger partial charge in [-0.3, -0.25) is 9.59 Å². The molecule has 0 aromatic heterocycles. The fourth-order valence-corrected chi connectivity index (χ4v) is 3.10. The van der Waals surface area contributed by atoms with Gasteiger partial charge in [-0.2, -0.15) is 0 Å². The van der Waals surface area contributed by atoms with Crippen LogP contribution in [-0.4, -0.2) is 18.3 Å². The van der Waals surface area contributed by atoms with E-state index in [4.69, 9.17) is 16.3 Å². The number of hydrogen-bond acceptors (Lipinski definition) is 4. The van der Waals surface area contributed by atoms with Crippen LogP contribution in [0.2, 0.25) is 5.02 Å². The van der Waals surface area contributed by atoms with E-state index in [1.54, 1.807) is 49.6 Å². The molecule has 1 saturated heterocycles. The summed E-state index contributed by atoms with van der Waals surface area (Å²) in [5.74, 6) is 0.398. The third kappa shape index (κ3) is 3.25. The van der Waals surface area contributed by atoms with Crippen LogP contribution >= 0.6 is 23.4 Å². The molecule has 1 aliphatic heterocycles. The maximum Gasteiger partial charge on any atom is 0.298 e. The van der Waals surface area contributed by atoms with E-state index in [0.29, 0.717) is 15.6 Å². The zero-order valence-corrected chi connectivity index (χ0v) is 13.7. The highest BCUT2D eigenvalue weighted by Crippen LogP contribution is 2.36. The lowest BCUT2D eigenvalue weighted by Gasteiger charge is -2.12. The molecule has 0 bridgehead atoms. The normalized spacial score (nSPS) is 16.3. The molecule has 2 aromatic rings. The van der Waals surface area contributed by atoms with Crippen molar-refractivity contribution in [2.24, 2.45) is 0 Å². The summed E-state index contributed by atoms with van der Waals surface area (Å²) in [4.78, 5) is 26.2. The molecule has 0 aliphatic carbocycles. The number of rotatable bonds is 3. The number of ether oxygens (including phenoxy) is 1. The van der Waals surface area contributed by atoms with Crippen molar-refractivity contribution in [2.45, 2.75) is 0 Å². The van der Waals surface area contributed by atoms with Crippen molar-refractivity contribution in [3.05, 3.63) is 64.0 Å². The van der Waals surface area contributed by atoms with Crippen molar-refractivity contribution in [1.82, 2.24) is 0 Å². The van der Waals surface area contributed by atoms with E-state index >= 15 is 0 Å². The Kier molecular flexibility index (Phi) is 4.41. The molecule has 2 amide bonds. The number of thioether (sulfide) groups is 1. The molecule has 0 spiro atoms. The van der Waals surface area contributed by atoms with E-state index in [9.17, 15) is 9.59 Å². The molecule has 0 unspecified atom stereocenters. The second-order valence-electron chi connectivity index (χ2n) is 4.77. The lowest BCUT2D eigenvalue weighted by molar-refractivity contribution is -0.113. The molecular weight excluding hydrogens is 334 g/mol. The second-order valence-corrected chi connectivity index (χ2v) is 6.20. The Bertz CT molecular complexity index is 784. The van der Waals surface area contributed by atoms with Gasteiger partial charge in [0.2, 0.25) is 0 Å². The van der Waals surface area contributed by atoms with Gasteiger partial charge in [0.15, 0.2) is 0 Å². The van der Waals surface area contributed by atoms with Gasteiger partial charge in [-0.25, -0.2) is 4.90 Å². The maximum absolute atomic E-state index is 12.5. The lowest BCUT2D eigenvalue weighted by Crippen LogP contribution is -2.27. The highest BCUT2D eigenvalue weighted by Gasteiger charge is 2.36. The Hall–Kier alpha value is -2.24. The number of benzene rings is 2. The number of nitrogens with zero attached hydrogens (tertiary/aromatic N) is 1. The van der Waals surface area contributed by atoms with Crippen LogP contribution in [0.3, 0.4) is 0 Å². The molecule has 1 aliphatic rings. The van der Waals surface area contributed by atoms with Crippen molar-refractivity contribution < 1.29 is 14.3 Å². The monoisotopic (exact) mass is 345 g/mol. The van der Waals surface area contributed by atoms with Crippen molar-refractivity contribution in [2.75, 3.05) is 12.0 Å². The highest BCUT2D eigenvalue weighted by molar-refractivity contribution is 8.19. The predicted molar refractivity (Wildman–Crippen MR) is 92.9 cm³/mol. The third-order valence-electron chi connectivity index (χ3n) is 3.29. The number of imide groups is 1. The minimum atomic E-state index is -0.335. The average molecular weight is 346 g/mol. The summed E-state index contributed by atoms with van der Waals surface area (Å²) in [7, 11) is 1.59. The van der Waals surface area contributed by atoms with Crippen LogP contribution in [0.15, 0.2) is 53.4 Å². The minimum absolute atomic E-state index is 0.322. The Morgan fingerprint density at radius 1 is 1.04 bits per heavy atom. The molecular formula is C17H12ClNO3S. The molecule has 116 valence electrons. The fraction of sp³-hybridized carbons (Fsp3) is 0.0588. The summed E-state index contributed by atoms with van der Waals surface area (Å²) in [5.41, 5.74) is 1.34. The van der Waals surface area contributed by atoms with Crippen molar-refractivity contribution in [1.29, 1.82) is 0 Å². The first-order valence-electron chi connectivity index (χ1n) is 6.76. The molecule has 6 heteroatoms. The summed E-state index contributed by atoms with van der Waals surface area (Å²) in [6.45, 7) is 0. The first-order valence-corrected chi connectivity index (χ1v) is 7.95. The molecule has 23 heavy (non-hydrogen) atoms. The fourth-order valence-electron chi connectivity index (χ4n) is 2.13. The van der Waals surface area contributed by atoms with Crippen molar-refractivity contribution >= 4 is 46.3 Å². The van der Waals surface area contributed by atoms with Crippen molar-refractivity contribution in [3.63, 3.8) is 0 Å². The van der Waals surface area contributed by atoms with Gasteiger partial charge in [0.1, 0.15) is 5.75 Å². The van der Waals surface area contributed by atoms with E-state index in [1.165, 1.54) is 0 Å². The highest BCUT2D eigenvalue weighted by atomic mass is 35.5. The number of amides is 2. The van der Waals surface area contributed by atoms with Crippen LogP contribution in [0.5, 0.6) is 5.75 Å². The summed E-state index contributed by atoms with van der Waals surface area (Å²) in [6, 6.07) is 13.8. The van der Waals surface area contributed by atoms with Gasteiger partial charge in [-0.1, -0.05) is 23.7 Å². The predicted octanol–water partition coefficient (Wildman–Crippen LogP) is 4.59.